The van der Waals surface area contributed by atoms with Crippen molar-refractivity contribution in [3.05, 3.63) is 22.5 Å². The topological polar surface area (TPSA) is 96.6 Å². The molecule has 0 aromatic carbocycles. The molecule has 3 N–H and O–H groups in total. The highest BCUT2D eigenvalue weighted by atomic mass is 19.1. The largest absolute Gasteiger partial charge is 0.400 e. The molecule has 19 heavy (non-hydrogen) atoms. The molecule has 0 amide bonds. The molecule has 1 aliphatic heterocycles. The number of ether oxygens (including phenoxy) is 1. The van der Waals surface area contributed by atoms with Gasteiger partial charge in [-0.15, -0.1) is 0 Å². The molecule has 1 fully saturated rings. The standard InChI is InChI=1S/C10H14FN3O3.CH4O/c1-12-9-7(11)4-14(10(16)13-9)8-3-2-6(5-15)17-8;1-2/h4,6,8,15H,2-3,5H2,1H3,(H,12,13,16);2H,1H3. The fourth-order valence-electron chi connectivity index (χ4n) is 1.85. The Morgan fingerprint density at radius 2 is 2.26 bits per heavy atom. The van der Waals surface area contributed by atoms with E-state index in [1.54, 1.807) is 0 Å². The molecule has 0 aliphatic carbocycles. The van der Waals surface area contributed by atoms with Crippen LogP contribution in [0.4, 0.5) is 10.2 Å². The average molecular weight is 275 g/mol. The van der Waals surface area contributed by atoms with Gasteiger partial charge in [0.05, 0.1) is 18.9 Å². The van der Waals surface area contributed by atoms with Crippen LogP contribution in [0.5, 0.6) is 0 Å². The molecule has 1 saturated heterocycles. The van der Waals surface area contributed by atoms with E-state index in [9.17, 15) is 9.18 Å². The molecule has 2 rings (SSSR count). The lowest BCUT2D eigenvalue weighted by Crippen LogP contribution is -2.28. The second kappa shape index (κ2) is 7.17. The van der Waals surface area contributed by atoms with Crippen LogP contribution in [0.3, 0.4) is 0 Å². The third-order valence-corrected chi connectivity index (χ3v) is 2.74. The van der Waals surface area contributed by atoms with Crippen molar-refractivity contribution < 1.29 is 19.3 Å². The first-order valence-corrected chi connectivity index (χ1v) is 5.83. The molecule has 0 bridgehead atoms. The molecule has 2 unspecified atom stereocenters. The third-order valence-electron chi connectivity index (χ3n) is 2.74. The Kier molecular flexibility index (Phi) is 5.87. The molecular formula is C11H18FN3O4. The van der Waals surface area contributed by atoms with E-state index in [2.05, 4.69) is 10.3 Å². The van der Waals surface area contributed by atoms with Gasteiger partial charge in [-0.25, -0.2) is 9.18 Å². The van der Waals surface area contributed by atoms with Gasteiger partial charge in [0.25, 0.3) is 0 Å². The van der Waals surface area contributed by atoms with Crippen LogP contribution in [0.25, 0.3) is 0 Å². The third kappa shape index (κ3) is 3.49. The van der Waals surface area contributed by atoms with Crippen LogP contribution in [-0.2, 0) is 4.74 Å². The highest BCUT2D eigenvalue weighted by Crippen LogP contribution is 2.27. The van der Waals surface area contributed by atoms with E-state index in [0.29, 0.717) is 12.8 Å². The maximum absolute atomic E-state index is 13.5. The zero-order valence-corrected chi connectivity index (χ0v) is 10.8. The molecule has 8 heteroatoms. The Balaban J connectivity index is 0.000000861. The molecule has 1 aromatic rings. The lowest BCUT2D eigenvalue weighted by atomic mass is 10.2. The maximum atomic E-state index is 13.5. The highest BCUT2D eigenvalue weighted by Gasteiger charge is 2.27. The van der Waals surface area contributed by atoms with E-state index >= 15 is 0 Å². The van der Waals surface area contributed by atoms with Crippen molar-refractivity contribution in [1.82, 2.24) is 9.55 Å². The number of halogens is 1. The smallest absolute Gasteiger partial charge is 0.351 e. The summed E-state index contributed by atoms with van der Waals surface area (Å²) in [4.78, 5) is 15.2. The number of hydrogen-bond donors (Lipinski definition) is 3. The Labute approximate surface area is 109 Å². The van der Waals surface area contributed by atoms with Crippen molar-refractivity contribution in [3.63, 3.8) is 0 Å². The monoisotopic (exact) mass is 275 g/mol. The Morgan fingerprint density at radius 1 is 1.58 bits per heavy atom. The Morgan fingerprint density at radius 3 is 2.79 bits per heavy atom. The van der Waals surface area contributed by atoms with E-state index < -0.39 is 17.7 Å². The summed E-state index contributed by atoms with van der Waals surface area (Å²) >= 11 is 0. The van der Waals surface area contributed by atoms with Crippen LogP contribution in [0.15, 0.2) is 11.0 Å². The first-order chi connectivity index (χ1) is 9.15. The van der Waals surface area contributed by atoms with Gasteiger partial charge in [0.1, 0.15) is 6.23 Å². The van der Waals surface area contributed by atoms with Crippen molar-refractivity contribution in [2.24, 2.45) is 0 Å². The van der Waals surface area contributed by atoms with E-state index in [4.69, 9.17) is 14.9 Å². The summed E-state index contributed by atoms with van der Waals surface area (Å²) < 4.78 is 20.0. The predicted molar refractivity (Wildman–Crippen MR) is 66.4 cm³/mol. The van der Waals surface area contributed by atoms with Crippen molar-refractivity contribution in [2.75, 3.05) is 26.1 Å². The Bertz CT molecular complexity index is 466. The summed E-state index contributed by atoms with van der Waals surface area (Å²) in [6, 6.07) is 0. The Hall–Kier alpha value is -1.51. The zero-order chi connectivity index (χ0) is 14.4. The number of rotatable bonds is 3. The van der Waals surface area contributed by atoms with Gasteiger partial charge in [0.15, 0.2) is 11.6 Å². The fraction of sp³-hybridized carbons (Fsp3) is 0.636. The van der Waals surface area contributed by atoms with Crippen LogP contribution >= 0.6 is 0 Å². The van der Waals surface area contributed by atoms with E-state index in [1.165, 1.54) is 7.05 Å². The molecule has 0 spiro atoms. The summed E-state index contributed by atoms with van der Waals surface area (Å²) in [7, 11) is 2.49. The number of aliphatic hydroxyl groups excluding tert-OH is 2. The maximum Gasteiger partial charge on any atom is 0.351 e. The number of hydrogen-bond acceptors (Lipinski definition) is 6. The lowest BCUT2D eigenvalue weighted by molar-refractivity contribution is -0.0249. The second-order valence-corrected chi connectivity index (χ2v) is 3.85. The summed E-state index contributed by atoms with van der Waals surface area (Å²) in [5, 5.41) is 18.4. The summed E-state index contributed by atoms with van der Waals surface area (Å²) in [6.07, 6.45) is 1.44. The summed E-state index contributed by atoms with van der Waals surface area (Å²) in [5.41, 5.74) is -0.570. The minimum Gasteiger partial charge on any atom is -0.400 e. The first kappa shape index (κ1) is 15.5. The molecular weight excluding hydrogens is 257 g/mol. The van der Waals surface area contributed by atoms with E-state index in [1.807, 2.05) is 0 Å². The fourth-order valence-corrected chi connectivity index (χ4v) is 1.85. The normalized spacial score (nSPS) is 21.7. The summed E-state index contributed by atoms with van der Waals surface area (Å²) in [5.74, 6) is -0.689. The van der Waals surface area contributed by atoms with Gasteiger partial charge in [-0.2, -0.15) is 4.98 Å². The highest BCUT2D eigenvalue weighted by molar-refractivity contribution is 5.32. The van der Waals surface area contributed by atoms with Crippen LogP contribution in [0.1, 0.15) is 19.1 Å². The molecule has 7 nitrogen and oxygen atoms in total. The van der Waals surface area contributed by atoms with E-state index in [-0.39, 0.29) is 18.5 Å². The van der Waals surface area contributed by atoms with E-state index in [0.717, 1.165) is 17.9 Å². The molecule has 1 aromatic heterocycles. The molecule has 2 heterocycles. The minimum absolute atomic E-state index is 0.0806. The zero-order valence-electron chi connectivity index (χ0n) is 10.8. The van der Waals surface area contributed by atoms with Gasteiger partial charge >= 0.3 is 5.69 Å². The molecule has 0 saturated carbocycles. The number of aromatic nitrogens is 2. The van der Waals surface area contributed by atoms with Crippen molar-refractivity contribution in [2.45, 2.75) is 25.2 Å². The van der Waals surface area contributed by atoms with Crippen molar-refractivity contribution in [1.29, 1.82) is 0 Å². The van der Waals surface area contributed by atoms with Crippen LogP contribution in [-0.4, -0.2) is 46.6 Å². The number of anilines is 1. The molecule has 1 aliphatic rings. The van der Waals surface area contributed by atoms with Crippen molar-refractivity contribution in [3.8, 4) is 0 Å². The second-order valence-electron chi connectivity index (χ2n) is 3.85. The molecule has 108 valence electrons. The molecule has 0 radical (unpaired) electrons. The average Bonchev–Trinajstić information content (AvgIpc) is 2.91. The van der Waals surface area contributed by atoms with Crippen LogP contribution < -0.4 is 11.0 Å². The van der Waals surface area contributed by atoms with Gasteiger partial charge < -0.3 is 20.3 Å². The number of aliphatic hydroxyl groups is 2. The summed E-state index contributed by atoms with van der Waals surface area (Å²) in [6.45, 7) is -0.101. The quantitative estimate of drug-likeness (QED) is 0.701. The van der Waals surface area contributed by atoms with Crippen molar-refractivity contribution >= 4 is 5.82 Å². The number of nitrogens with zero attached hydrogens (tertiary/aromatic N) is 2. The number of nitrogens with one attached hydrogen (secondary N) is 1. The van der Waals surface area contributed by atoms with Crippen LogP contribution in [0, 0.1) is 5.82 Å². The van der Waals surface area contributed by atoms with Gasteiger partial charge in [-0.3, -0.25) is 4.57 Å². The predicted octanol–water partition coefficient (Wildman–Crippen LogP) is -0.298. The molecule has 2 atom stereocenters. The van der Waals surface area contributed by atoms with Gasteiger partial charge in [0.2, 0.25) is 0 Å². The van der Waals surface area contributed by atoms with Gasteiger partial charge in [0, 0.05) is 14.2 Å². The van der Waals surface area contributed by atoms with Gasteiger partial charge in [-0.1, -0.05) is 0 Å². The van der Waals surface area contributed by atoms with Gasteiger partial charge in [-0.05, 0) is 12.8 Å². The minimum atomic E-state index is -0.608. The van der Waals surface area contributed by atoms with Crippen LogP contribution in [0.2, 0.25) is 0 Å². The SMILES string of the molecule is CNc1nc(=O)n(C2CCC(CO)O2)cc1F.CO. The first-order valence-electron chi connectivity index (χ1n) is 5.83. The lowest BCUT2D eigenvalue weighted by Gasteiger charge is -2.15.